The van der Waals surface area contributed by atoms with E-state index in [9.17, 15) is 9.59 Å². The van der Waals surface area contributed by atoms with Gasteiger partial charge in [-0.2, -0.15) is 0 Å². The molecule has 171 valence electrons. The van der Waals surface area contributed by atoms with E-state index in [1.807, 2.05) is 17.0 Å². The fourth-order valence-corrected chi connectivity index (χ4v) is 4.46. The van der Waals surface area contributed by atoms with E-state index in [2.05, 4.69) is 37.1 Å². The number of hydrogen-bond donors (Lipinski definition) is 1. The minimum absolute atomic E-state index is 0.0173. The zero-order valence-electron chi connectivity index (χ0n) is 19.7. The van der Waals surface area contributed by atoms with Gasteiger partial charge in [-0.3, -0.25) is 0 Å². The van der Waals surface area contributed by atoms with Gasteiger partial charge in [-0.1, -0.05) is 13.8 Å². The van der Waals surface area contributed by atoms with Crippen molar-refractivity contribution in [3.63, 3.8) is 0 Å². The third kappa shape index (κ3) is 5.43. The topological polar surface area (TPSA) is 61.9 Å². The number of nitrogens with one attached hydrogen (secondary N) is 1. The SMILES string of the molecule is [B]=CNC(=O)C(CCC)N1Cc2c(OCC(=O)N(CCC)CCC)cccc2C1=C1CC1. The molecule has 1 aliphatic heterocycles. The van der Waals surface area contributed by atoms with Gasteiger partial charge in [0.25, 0.3) is 0 Å². The maximum atomic E-state index is 12.8. The summed E-state index contributed by atoms with van der Waals surface area (Å²) in [5.74, 6) is 0.656. The first-order valence-corrected chi connectivity index (χ1v) is 11.9. The zero-order valence-corrected chi connectivity index (χ0v) is 19.7. The number of rotatable bonds is 12. The van der Waals surface area contributed by atoms with Gasteiger partial charge in [-0.05, 0) is 12.8 Å². The number of benzene rings is 1. The zero-order chi connectivity index (χ0) is 23.1. The summed E-state index contributed by atoms with van der Waals surface area (Å²) < 4.78 is 6.06. The molecule has 1 aromatic rings. The van der Waals surface area contributed by atoms with Gasteiger partial charge in [0, 0.05) is 13.1 Å². The Hall–Kier alpha value is -2.57. The van der Waals surface area contributed by atoms with Gasteiger partial charge in [0.05, 0.1) is 0 Å². The molecular weight excluding hydrogens is 401 g/mol. The summed E-state index contributed by atoms with van der Waals surface area (Å²) in [4.78, 5) is 29.6. The van der Waals surface area contributed by atoms with Crippen molar-refractivity contribution in [1.29, 1.82) is 0 Å². The fourth-order valence-electron chi connectivity index (χ4n) is 4.46. The molecule has 2 aliphatic rings. The first kappa shape index (κ1) is 24.1. The molecule has 2 amide bonds. The Morgan fingerprint density at radius 2 is 1.91 bits per heavy atom. The van der Waals surface area contributed by atoms with Crippen LogP contribution in [0.25, 0.3) is 5.70 Å². The number of hydrogen-bond acceptors (Lipinski definition) is 4. The molecule has 3 rings (SSSR count). The van der Waals surface area contributed by atoms with Crippen LogP contribution in [0.15, 0.2) is 23.8 Å². The third-order valence-electron chi connectivity index (χ3n) is 6.00. The van der Waals surface area contributed by atoms with Crippen LogP contribution in [-0.4, -0.2) is 60.9 Å². The average Bonchev–Trinajstić information content (AvgIpc) is 3.55. The quantitative estimate of drug-likeness (QED) is 0.511. The van der Waals surface area contributed by atoms with E-state index >= 15 is 0 Å². The molecule has 0 aromatic heterocycles. The van der Waals surface area contributed by atoms with Gasteiger partial charge < -0.3 is 0 Å². The summed E-state index contributed by atoms with van der Waals surface area (Å²) in [7, 11) is 5.47. The van der Waals surface area contributed by atoms with Crippen LogP contribution in [0.5, 0.6) is 5.75 Å². The molecule has 1 saturated carbocycles. The van der Waals surface area contributed by atoms with Gasteiger partial charge in [0.15, 0.2) is 0 Å². The van der Waals surface area contributed by atoms with Crippen molar-refractivity contribution in [1.82, 2.24) is 15.1 Å². The molecule has 1 atom stereocenters. The van der Waals surface area contributed by atoms with E-state index in [-0.39, 0.29) is 24.5 Å². The van der Waals surface area contributed by atoms with E-state index < -0.39 is 0 Å². The third-order valence-corrected chi connectivity index (χ3v) is 6.00. The minimum atomic E-state index is -0.297. The summed E-state index contributed by atoms with van der Waals surface area (Å²) in [5.41, 5.74) is 4.70. The summed E-state index contributed by atoms with van der Waals surface area (Å²) in [6, 6.07) is 5.71. The molecule has 6 nitrogen and oxygen atoms in total. The van der Waals surface area contributed by atoms with E-state index in [0.29, 0.717) is 6.54 Å². The molecule has 1 radical (unpaired) electrons. The Kier molecular flexibility index (Phi) is 8.54. The van der Waals surface area contributed by atoms with E-state index in [0.717, 1.165) is 74.2 Å². The van der Waals surface area contributed by atoms with Gasteiger partial charge in [-0.15, -0.1) is 0 Å². The van der Waals surface area contributed by atoms with Crippen molar-refractivity contribution < 1.29 is 14.3 Å². The Morgan fingerprint density at radius 3 is 2.50 bits per heavy atom. The van der Waals surface area contributed by atoms with E-state index in [1.165, 1.54) is 11.7 Å². The Balaban J connectivity index is 1.84. The van der Waals surface area contributed by atoms with Crippen LogP contribution < -0.4 is 10.1 Å². The van der Waals surface area contributed by atoms with Crippen LogP contribution in [0.1, 0.15) is 70.4 Å². The molecule has 1 N–H and O–H groups in total. The van der Waals surface area contributed by atoms with Crippen LogP contribution in [-0.2, 0) is 16.1 Å². The first-order valence-electron chi connectivity index (χ1n) is 11.9. The molecule has 0 spiro atoms. The molecule has 1 unspecified atom stereocenters. The summed E-state index contributed by atoms with van der Waals surface area (Å²) >= 11 is 0. The molecule has 1 heterocycles. The van der Waals surface area contributed by atoms with Crippen molar-refractivity contribution in [2.75, 3.05) is 19.7 Å². The predicted octanol–water partition coefficient (Wildman–Crippen LogP) is 3.25. The van der Waals surface area contributed by atoms with E-state index in [4.69, 9.17) is 12.2 Å². The second kappa shape index (κ2) is 11.3. The van der Waals surface area contributed by atoms with Crippen LogP contribution in [0.2, 0.25) is 0 Å². The van der Waals surface area contributed by atoms with E-state index in [1.54, 1.807) is 0 Å². The summed E-state index contributed by atoms with van der Waals surface area (Å²) in [6.07, 6.45) is 6.81. The molecule has 32 heavy (non-hydrogen) atoms. The standard InChI is InChI=1S/C25H35BN3O3/c1-4-8-21(25(31)27-17-26)29-15-20-19(24(29)18-11-12-18)9-7-10-22(20)32-16-23(30)28(13-5-2)14-6-3/h7,9-10,17,21H,4-6,8,11-16H2,1-3H3,(H,27,31). The Labute approximate surface area is 193 Å². The van der Waals surface area contributed by atoms with Crippen molar-refractivity contribution in [2.24, 2.45) is 0 Å². The second-order valence-electron chi connectivity index (χ2n) is 8.51. The average molecular weight is 436 g/mol. The molecule has 1 fully saturated rings. The predicted molar refractivity (Wildman–Crippen MR) is 129 cm³/mol. The first-order chi connectivity index (χ1) is 15.5. The van der Waals surface area contributed by atoms with Crippen LogP contribution in [0, 0.1) is 0 Å². The van der Waals surface area contributed by atoms with Crippen molar-refractivity contribution in [3.05, 3.63) is 34.9 Å². The molecule has 0 saturated heterocycles. The van der Waals surface area contributed by atoms with Crippen molar-refractivity contribution in [2.45, 2.75) is 71.9 Å². The number of ether oxygens (including phenoxy) is 1. The maximum absolute atomic E-state index is 12.8. The van der Waals surface area contributed by atoms with Crippen LogP contribution in [0.3, 0.4) is 0 Å². The number of nitrogens with zero attached hydrogens (tertiary/aromatic N) is 2. The monoisotopic (exact) mass is 436 g/mol. The molecule has 1 aromatic carbocycles. The molecule has 1 aliphatic carbocycles. The number of allylic oxidation sites excluding steroid dienone is 1. The van der Waals surface area contributed by atoms with Crippen LogP contribution >= 0.6 is 0 Å². The van der Waals surface area contributed by atoms with Crippen molar-refractivity contribution in [3.8, 4) is 5.75 Å². The van der Waals surface area contributed by atoms with Gasteiger partial charge >= 0.3 is 153 Å². The summed E-state index contributed by atoms with van der Waals surface area (Å²) in [6.45, 7) is 8.36. The normalized spacial score (nSPS) is 15.2. The van der Waals surface area contributed by atoms with Gasteiger partial charge in [0.2, 0.25) is 0 Å². The number of carbonyl (C=O) groups is 2. The summed E-state index contributed by atoms with van der Waals surface area (Å²) in [5, 5.41) is 2.67. The molecule has 7 heteroatoms. The Morgan fingerprint density at radius 1 is 1.19 bits per heavy atom. The second-order valence-corrected chi connectivity index (χ2v) is 8.51. The Bertz CT molecular complexity index is 871. The van der Waals surface area contributed by atoms with Crippen molar-refractivity contribution >= 4 is 31.1 Å². The number of fused-ring (bicyclic) bond motifs is 1. The molecule has 0 bridgehead atoms. The van der Waals surface area contributed by atoms with Crippen LogP contribution in [0.4, 0.5) is 0 Å². The number of amides is 2. The van der Waals surface area contributed by atoms with Gasteiger partial charge in [0.1, 0.15) is 0 Å². The van der Waals surface area contributed by atoms with Gasteiger partial charge in [-0.25, -0.2) is 0 Å². The fraction of sp³-hybridized carbons (Fsp3) is 0.560. The number of carbonyl (C=O) groups excluding carboxylic acids is 2. The molecular formula is C25H35BN3O3.